The Labute approximate surface area is 86.5 Å². The minimum Gasteiger partial charge on any atom is -0.383 e. The van der Waals surface area contributed by atoms with Crippen molar-refractivity contribution >= 4 is 10.0 Å². The maximum Gasteiger partial charge on any atom is 0.214 e. The lowest BCUT2D eigenvalue weighted by molar-refractivity contribution is 0.173. The molecule has 0 rings (SSSR count). The van der Waals surface area contributed by atoms with Crippen LogP contribution in [0.2, 0.25) is 0 Å². The van der Waals surface area contributed by atoms with Gasteiger partial charge in [-0.2, -0.15) is 0 Å². The van der Waals surface area contributed by atoms with E-state index in [2.05, 4.69) is 5.32 Å². The minimum absolute atomic E-state index is 0.119. The number of sulfonamides is 1. The van der Waals surface area contributed by atoms with Crippen molar-refractivity contribution in [3.05, 3.63) is 0 Å². The molecular weight excluding hydrogens is 204 g/mol. The van der Waals surface area contributed by atoms with Crippen LogP contribution < -0.4 is 5.32 Å². The normalized spacial score (nSPS) is 14.6. The molecule has 14 heavy (non-hydrogen) atoms. The Balaban J connectivity index is 3.74. The molecule has 0 saturated heterocycles. The topological polar surface area (TPSA) is 58.6 Å². The monoisotopic (exact) mass is 224 g/mol. The molecule has 0 fully saturated rings. The van der Waals surface area contributed by atoms with Crippen LogP contribution in [-0.2, 0) is 14.8 Å². The van der Waals surface area contributed by atoms with E-state index in [4.69, 9.17) is 4.74 Å². The van der Waals surface area contributed by atoms with E-state index in [-0.39, 0.29) is 11.8 Å². The quantitative estimate of drug-likeness (QED) is 0.633. The summed E-state index contributed by atoms with van der Waals surface area (Å²) < 4.78 is 28.8. The molecular formula is C8H20N2O3S. The Morgan fingerprint density at radius 1 is 1.43 bits per heavy atom. The van der Waals surface area contributed by atoms with Crippen LogP contribution in [0.1, 0.15) is 6.92 Å². The van der Waals surface area contributed by atoms with Crippen molar-refractivity contribution in [2.24, 2.45) is 0 Å². The van der Waals surface area contributed by atoms with Crippen LogP contribution in [0.4, 0.5) is 0 Å². The van der Waals surface area contributed by atoms with Gasteiger partial charge in [0.2, 0.25) is 10.0 Å². The number of nitrogens with one attached hydrogen (secondary N) is 1. The fraction of sp³-hybridized carbons (Fsp3) is 1.00. The third-order valence-electron chi connectivity index (χ3n) is 1.83. The van der Waals surface area contributed by atoms with Crippen LogP contribution in [0, 0.1) is 0 Å². The second-order valence-electron chi connectivity index (χ2n) is 3.41. The Morgan fingerprint density at radius 2 is 2.00 bits per heavy atom. The smallest absolute Gasteiger partial charge is 0.214 e. The molecule has 0 spiro atoms. The molecule has 0 aliphatic carbocycles. The lowest BCUT2D eigenvalue weighted by Crippen LogP contribution is -2.36. The Morgan fingerprint density at radius 3 is 2.43 bits per heavy atom. The fourth-order valence-corrected chi connectivity index (χ4v) is 1.67. The molecule has 0 aromatic carbocycles. The zero-order valence-electron chi connectivity index (χ0n) is 9.28. The summed E-state index contributed by atoms with van der Waals surface area (Å²) in [5, 5.41) is 3.06. The zero-order valence-corrected chi connectivity index (χ0v) is 10.1. The molecule has 0 saturated carbocycles. The van der Waals surface area contributed by atoms with Gasteiger partial charge in [0.15, 0.2) is 0 Å². The van der Waals surface area contributed by atoms with Gasteiger partial charge < -0.3 is 10.1 Å². The molecule has 1 atom stereocenters. The molecule has 86 valence electrons. The summed E-state index contributed by atoms with van der Waals surface area (Å²) >= 11 is 0. The number of methoxy groups -OCH3 is 1. The van der Waals surface area contributed by atoms with E-state index in [0.29, 0.717) is 13.2 Å². The van der Waals surface area contributed by atoms with Crippen LogP contribution in [-0.4, -0.2) is 58.9 Å². The second kappa shape index (κ2) is 6.34. The van der Waals surface area contributed by atoms with E-state index in [1.807, 2.05) is 6.92 Å². The molecule has 6 heteroatoms. The molecule has 0 heterocycles. The van der Waals surface area contributed by atoms with Crippen molar-refractivity contribution in [3.8, 4) is 0 Å². The summed E-state index contributed by atoms with van der Waals surface area (Å²) in [4.78, 5) is 0. The van der Waals surface area contributed by atoms with Crippen LogP contribution in [0.3, 0.4) is 0 Å². The highest BCUT2D eigenvalue weighted by Gasteiger charge is 2.13. The van der Waals surface area contributed by atoms with E-state index >= 15 is 0 Å². The molecule has 5 nitrogen and oxygen atoms in total. The number of ether oxygens (including phenoxy) is 1. The Bertz CT molecular complexity index is 239. The molecule has 0 aromatic rings. The predicted molar refractivity (Wildman–Crippen MR) is 56.8 cm³/mol. The zero-order chi connectivity index (χ0) is 11.2. The van der Waals surface area contributed by atoms with Crippen LogP contribution in [0.5, 0.6) is 0 Å². The van der Waals surface area contributed by atoms with Gasteiger partial charge in [-0.3, -0.25) is 0 Å². The summed E-state index contributed by atoms with van der Waals surface area (Å²) in [6.45, 7) is 2.98. The summed E-state index contributed by atoms with van der Waals surface area (Å²) in [5.41, 5.74) is 0. The molecule has 1 N–H and O–H groups in total. The van der Waals surface area contributed by atoms with Gasteiger partial charge in [0, 0.05) is 33.8 Å². The lowest BCUT2D eigenvalue weighted by Gasteiger charge is -2.14. The van der Waals surface area contributed by atoms with Crippen LogP contribution in [0.15, 0.2) is 0 Å². The van der Waals surface area contributed by atoms with Gasteiger partial charge in [-0.05, 0) is 6.92 Å². The SMILES string of the molecule is COCC(C)NCCS(=O)(=O)N(C)C. The number of hydrogen-bond donors (Lipinski definition) is 1. The predicted octanol–water partition coefficient (Wildman–Crippen LogP) is -0.498. The molecule has 0 aliphatic rings. The number of nitrogens with zero attached hydrogens (tertiary/aromatic N) is 1. The molecule has 0 aliphatic heterocycles. The highest BCUT2D eigenvalue weighted by Crippen LogP contribution is 1.92. The van der Waals surface area contributed by atoms with Crippen molar-refractivity contribution in [2.75, 3.05) is 40.1 Å². The Hall–Kier alpha value is -0.170. The van der Waals surface area contributed by atoms with Crippen LogP contribution in [0.25, 0.3) is 0 Å². The highest BCUT2D eigenvalue weighted by atomic mass is 32.2. The average Bonchev–Trinajstić information content (AvgIpc) is 2.04. The first-order chi connectivity index (χ1) is 6.40. The Kier molecular flexibility index (Phi) is 6.26. The standard InChI is InChI=1S/C8H20N2O3S/c1-8(7-13-4)9-5-6-14(11,12)10(2)3/h8-9H,5-7H2,1-4H3. The van der Waals surface area contributed by atoms with E-state index < -0.39 is 10.0 Å². The van der Waals surface area contributed by atoms with Gasteiger partial charge in [0.1, 0.15) is 0 Å². The largest absolute Gasteiger partial charge is 0.383 e. The molecule has 0 amide bonds. The second-order valence-corrected chi connectivity index (χ2v) is 5.71. The van der Waals surface area contributed by atoms with E-state index in [9.17, 15) is 8.42 Å². The lowest BCUT2D eigenvalue weighted by atomic mass is 10.4. The summed E-state index contributed by atoms with van der Waals surface area (Å²) in [7, 11) is 1.61. The average molecular weight is 224 g/mol. The summed E-state index contributed by atoms with van der Waals surface area (Å²) in [6.07, 6.45) is 0. The first-order valence-electron chi connectivity index (χ1n) is 4.52. The molecule has 0 bridgehead atoms. The van der Waals surface area contributed by atoms with Crippen molar-refractivity contribution in [1.82, 2.24) is 9.62 Å². The number of hydrogen-bond acceptors (Lipinski definition) is 4. The first-order valence-corrected chi connectivity index (χ1v) is 6.13. The third-order valence-corrected chi connectivity index (χ3v) is 3.66. The third kappa shape index (κ3) is 5.54. The molecule has 0 radical (unpaired) electrons. The summed E-state index contributed by atoms with van der Waals surface area (Å²) in [6, 6.07) is 0.178. The van der Waals surface area contributed by atoms with E-state index in [0.717, 1.165) is 0 Å². The van der Waals surface area contributed by atoms with Crippen LogP contribution >= 0.6 is 0 Å². The van der Waals surface area contributed by atoms with Gasteiger partial charge in [-0.15, -0.1) is 0 Å². The maximum absolute atomic E-state index is 11.3. The van der Waals surface area contributed by atoms with Gasteiger partial charge in [-0.25, -0.2) is 12.7 Å². The molecule has 0 aromatic heterocycles. The van der Waals surface area contributed by atoms with Crippen molar-refractivity contribution in [1.29, 1.82) is 0 Å². The first kappa shape index (κ1) is 13.8. The van der Waals surface area contributed by atoms with Crippen molar-refractivity contribution < 1.29 is 13.2 Å². The molecule has 1 unspecified atom stereocenters. The van der Waals surface area contributed by atoms with Gasteiger partial charge in [-0.1, -0.05) is 0 Å². The van der Waals surface area contributed by atoms with Crippen molar-refractivity contribution in [3.63, 3.8) is 0 Å². The maximum atomic E-state index is 11.3. The number of rotatable bonds is 7. The van der Waals surface area contributed by atoms with Crippen molar-refractivity contribution in [2.45, 2.75) is 13.0 Å². The summed E-state index contributed by atoms with van der Waals surface area (Å²) in [5.74, 6) is 0.119. The van der Waals surface area contributed by atoms with Gasteiger partial charge in [0.05, 0.1) is 12.4 Å². The van der Waals surface area contributed by atoms with E-state index in [1.54, 1.807) is 7.11 Å². The fourth-order valence-electron chi connectivity index (χ4n) is 0.926. The highest BCUT2D eigenvalue weighted by molar-refractivity contribution is 7.89. The minimum atomic E-state index is -3.08. The van der Waals surface area contributed by atoms with E-state index in [1.165, 1.54) is 18.4 Å². The van der Waals surface area contributed by atoms with Gasteiger partial charge in [0.25, 0.3) is 0 Å². The van der Waals surface area contributed by atoms with Gasteiger partial charge >= 0.3 is 0 Å².